The Bertz CT molecular complexity index is 397. The Hall–Kier alpha value is -0.990. The summed E-state index contributed by atoms with van der Waals surface area (Å²) >= 11 is 0. The highest BCUT2D eigenvalue weighted by atomic mass is 31.0. The van der Waals surface area contributed by atoms with E-state index in [0.717, 1.165) is 19.0 Å². The monoisotopic (exact) mass is 239 g/mol. The van der Waals surface area contributed by atoms with Crippen LogP contribution < -0.4 is 10.3 Å². The highest BCUT2D eigenvalue weighted by Gasteiger charge is 2.30. The molecule has 1 aromatic rings. The highest BCUT2D eigenvalue weighted by molar-refractivity contribution is 7.16. The predicted molar refractivity (Wildman–Crippen MR) is 62.9 cm³/mol. The standard InChI is InChI=1S/C11H15N2O2P/c12-11(14)8-2-1-5-13(6-8)10-4-3-9(7-16)15-10/h1-2,5-6,9-10H,3-4,7,16H2,(H-,12,14)/p+1/t9-,10+/m0/s1. The van der Waals surface area contributed by atoms with E-state index in [4.69, 9.17) is 10.5 Å². The van der Waals surface area contributed by atoms with E-state index in [1.807, 2.05) is 16.8 Å². The van der Waals surface area contributed by atoms with Crippen LogP contribution in [0.4, 0.5) is 0 Å². The van der Waals surface area contributed by atoms with Gasteiger partial charge < -0.3 is 10.5 Å². The maximum absolute atomic E-state index is 11.1. The van der Waals surface area contributed by atoms with E-state index >= 15 is 0 Å². The van der Waals surface area contributed by atoms with E-state index in [1.54, 1.807) is 12.3 Å². The molecule has 0 saturated carbocycles. The van der Waals surface area contributed by atoms with Gasteiger partial charge in [-0.25, -0.2) is 0 Å². The Morgan fingerprint density at radius 2 is 2.44 bits per heavy atom. The number of aromatic nitrogens is 1. The van der Waals surface area contributed by atoms with Crippen molar-refractivity contribution in [1.82, 2.24) is 0 Å². The second-order valence-electron chi connectivity index (χ2n) is 3.93. The maximum atomic E-state index is 11.1. The average molecular weight is 239 g/mol. The van der Waals surface area contributed by atoms with E-state index in [2.05, 4.69) is 9.24 Å². The Morgan fingerprint density at radius 1 is 1.62 bits per heavy atom. The fourth-order valence-corrected chi connectivity index (χ4v) is 2.24. The van der Waals surface area contributed by atoms with Gasteiger partial charge in [-0.05, 0) is 18.6 Å². The minimum Gasteiger partial charge on any atom is -0.365 e. The van der Waals surface area contributed by atoms with Gasteiger partial charge >= 0.3 is 0 Å². The lowest BCUT2D eigenvalue weighted by molar-refractivity contribution is -0.759. The molecule has 5 heteroatoms. The van der Waals surface area contributed by atoms with Gasteiger partial charge in [0.15, 0.2) is 12.4 Å². The summed E-state index contributed by atoms with van der Waals surface area (Å²) in [7, 11) is 2.69. The summed E-state index contributed by atoms with van der Waals surface area (Å²) < 4.78 is 7.74. The van der Waals surface area contributed by atoms with E-state index < -0.39 is 5.91 Å². The van der Waals surface area contributed by atoms with Gasteiger partial charge in [-0.2, -0.15) is 4.57 Å². The lowest BCUT2D eigenvalue weighted by Gasteiger charge is -2.08. The van der Waals surface area contributed by atoms with Crippen LogP contribution in [-0.4, -0.2) is 18.2 Å². The lowest BCUT2D eigenvalue weighted by Crippen LogP contribution is -2.40. The van der Waals surface area contributed by atoms with Gasteiger partial charge in [0.1, 0.15) is 5.56 Å². The van der Waals surface area contributed by atoms with Crippen molar-refractivity contribution in [2.24, 2.45) is 5.73 Å². The molecule has 1 saturated heterocycles. The number of nitrogens with zero attached hydrogens (tertiary/aromatic N) is 1. The van der Waals surface area contributed by atoms with Gasteiger partial charge in [-0.15, -0.1) is 9.24 Å². The number of carbonyl (C=O) groups is 1. The third kappa shape index (κ3) is 2.39. The fourth-order valence-electron chi connectivity index (χ4n) is 1.90. The molecule has 16 heavy (non-hydrogen) atoms. The summed E-state index contributed by atoms with van der Waals surface area (Å²) in [5.41, 5.74) is 5.75. The number of hydrogen-bond acceptors (Lipinski definition) is 2. The molecular formula is C11H16N2O2P+. The molecule has 3 atom stereocenters. The number of amides is 1. The smallest absolute Gasteiger partial charge is 0.262 e. The average Bonchev–Trinajstić information content (AvgIpc) is 2.77. The second kappa shape index (κ2) is 4.89. The fraction of sp³-hybridized carbons (Fsp3) is 0.455. The molecule has 1 fully saturated rings. The van der Waals surface area contributed by atoms with E-state index in [9.17, 15) is 4.79 Å². The van der Waals surface area contributed by atoms with Gasteiger partial charge in [0.05, 0.1) is 6.10 Å². The third-order valence-corrected chi connectivity index (χ3v) is 3.31. The number of rotatable bonds is 3. The highest BCUT2D eigenvalue weighted by Crippen LogP contribution is 2.24. The first-order valence-corrected chi connectivity index (χ1v) is 6.18. The number of ether oxygens (including phenoxy) is 1. The Labute approximate surface area is 97.0 Å². The summed E-state index contributed by atoms with van der Waals surface area (Å²) in [6.45, 7) is 0. The Balaban J connectivity index is 2.15. The molecular weight excluding hydrogens is 223 g/mol. The van der Waals surface area contributed by atoms with Crippen molar-refractivity contribution in [1.29, 1.82) is 0 Å². The predicted octanol–water partition coefficient (Wildman–Crippen LogP) is 0.626. The number of pyridine rings is 1. The number of nitrogens with two attached hydrogens (primary N) is 1. The maximum Gasteiger partial charge on any atom is 0.262 e. The van der Waals surface area contributed by atoms with Crippen molar-refractivity contribution < 1.29 is 14.1 Å². The van der Waals surface area contributed by atoms with Gasteiger partial charge in [0.25, 0.3) is 12.1 Å². The van der Waals surface area contributed by atoms with Crippen LogP contribution in [0.15, 0.2) is 24.5 Å². The SMILES string of the molecule is NC(=O)c1ccc[n+]([C@H]2CC[C@@H](CP)O2)c1. The number of hydrogen-bond donors (Lipinski definition) is 1. The summed E-state index contributed by atoms with van der Waals surface area (Å²) in [5.74, 6) is -0.407. The molecule has 4 nitrogen and oxygen atoms in total. The number of primary amides is 1. The molecule has 1 aliphatic rings. The molecule has 1 amide bonds. The first-order valence-electron chi connectivity index (χ1n) is 5.37. The minimum atomic E-state index is -0.407. The Kier molecular flexibility index (Phi) is 3.52. The zero-order chi connectivity index (χ0) is 11.5. The van der Waals surface area contributed by atoms with Gasteiger partial charge in [0, 0.05) is 12.5 Å². The zero-order valence-corrected chi connectivity index (χ0v) is 10.2. The van der Waals surface area contributed by atoms with Crippen LogP contribution in [0.3, 0.4) is 0 Å². The molecule has 2 rings (SSSR count). The van der Waals surface area contributed by atoms with Crippen molar-refractivity contribution >= 4 is 15.1 Å². The normalized spacial score (nSPS) is 24.6. The van der Waals surface area contributed by atoms with Crippen LogP contribution in [0, 0.1) is 0 Å². The molecule has 0 aromatic carbocycles. The topological polar surface area (TPSA) is 56.2 Å². The molecule has 1 aromatic heterocycles. The van der Waals surface area contributed by atoms with Crippen molar-refractivity contribution in [3.8, 4) is 0 Å². The van der Waals surface area contributed by atoms with Crippen molar-refractivity contribution in [2.45, 2.75) is 25.2 Å². The molecule has 1 aliphatic heterocycles. The van der Waals surface area contributed by atoms with E-state index in [1.165, 1.54) is 0 Å². The molecule has 0 bridgehead atoms. The summed E-state index contributed by atoms with van der Waals surface area (Å²) in [6, 6.07) is 3.53. The van der Waals surface area contributed by atoms with E-state index in [-0.39, 0.29) is 6.23 Å². The zero-order valence-electron chi connectivity index (χ0n) is 9.00. The minimum absolute atomic E-state index is 0.0323. The van der Waals surface area contributed by atoms with Crippen molar-refractivity contribution in [3.05, 3.63) is 30.1 Å². The largest absolute Gasteiger partial charge is 0.365 e. The molecule has 0 radical (unpaired) electrons. The molecule has 0 spiro atoms. The van der Waals surface area contributed by atoms with Crippen LogP contribution >= 0.6 is 9.24 Å². The summed E-state index contributed by atoms with van der Waals surface area (Å²) in [6.07, 6.45) is 6.98. The van der Waals surface area contributed by atoms with Gasteiger partial charge in [-0.3, -0.25) is 4.79 Å². The van der Waals surface area contributed by atoms with Gasteiger partial charge in [0.2, 0.25) is 0 Å². The molecule has 0 aliphatic carbocycles. The quantitative estimate of drug-likeness (QED) is 0.621. The molecule has 2 heterocycles. The van der Waals surface area contributed by atoms with Crippen LogP contribution in [-0.2, 0) is 4.74 Å². The summed E-state index contributed by atoms with van der Waals surface area (Å²) in [4.78, 5) is 11.1. The third-order valence-electron chi connectivity index (χ3n) is 2.79. The summed E-state index contributed by atoms with van der Waals surface area (Å²) in [5, 5.41) is 0. The molecule has 86 valence electrons. The van der Waals surface area contributed by atoms with Crippen LogP contribution in [0.1, 0.15) is 29.4 Å². The van der Waals surface area contributed by atoms with Crippen molar-refractivity contribution in [2.75, 3.05) is 6.16 Å². The van der Waals surface area contributed by atoms with Crippen LogP contribution in [0.2, 0.25) is 0 Å². The second-order valence-corrected chi connectivity index (χ2v) is 4.40. The molecule has 2 N–H and O–H groups in total. The van der Waals surface area contributed by atoms with Crippen LogP contribution in [0.25, 0.3) is 0 Å². The Morgan fingerprint density at radius 3 is 3.06 bits per heavy atom. The first-order chi connectivity index (χ1) is 7.70. The van der Waals surface area contributed by atoms with Crippen LogP contribution in [0.5, 0.6) is 0 Å². The van der Waals surface area contributed by atoms with Crippen molar-refractivity contribution in [3.63, 3.8) is 0 Å². The number of carbonyl (C=O) groups excluding carboxylic acids is 1. The van der Waals surface area contributed by atoms with Gasteiger partial charge in [-0.1, -0.05) is 0 Å². The van der Waals surface area contributed by atoms with E-state index in [0.29, 0.717) is 11.7 Å². The first kappa shape index (κ1) is 11.5. The molecule has 1 unspecified atom stereocenters. The lowest BCUT2D eigenvalue weighted by atomic mass is 10.2.